The van der Waals surface area contributed by atoms with Crippen molar-refractivity contribution in [3.05, 3.63) is 64.7 Å². The van der Waals surface area contributed by atoms with Crippen LogP contribution in [0.3, 0.4) is 0 Å². The molecular weight excluding hydrogens is 386 g/mol. The van der Waals surface area contributed by atoms with Gasteiger partial charge in [-0.05, 0) is 36.1 Å². The fourth-order valence-corrected chi connectivity index (χ4v) is 4.83. The van der Waals surface area contributed by atoms with E-state index in [0.717, 1.165) is 10.4 Å². The van der Waals surface area contributed by atoms with Crippen LogP contribution in [-0.4, -0.2) is 33.5 Å². The van der Waals surface area contributed by atoms with Crippen LogP contribution in [0.25, 0.3) is 0 Å². The summed E-state index contributed by atoms with van der Waals surface area (Å²) in [6, 6.07) is 10.3. The number of nitrogens with zero attached hydrogens (tertiary/aromatic N) is 1. The topological polar surface area (TPSA) is 69.0 Å². The van der Waals surface area contributed by atoms with E-state index in [4.69, 9.17) is 13.9 Å². The molecule has 144 valence electrons. The number of hydrogen-bond acceptors (Lipinski definition) is 6. The Kier molecular flexibility index (Phi) is 6.20. The molecule has 0 aliphatic rings. The minimum absolute atomic E-state index is 0.162. The molecule has 0 radical (unpaired) electrons. The first-order valence-corrected chi connectivity index (χ1v) is 10.6. The molecule has 0 aliphatic carbocycles. The van der Waals surface area contributed by atoms with Crippen molar-refractivity contribution in [1.29, 1.82) is 0 Å². The van der Waals surface area contributed by atoms with Crippen molar-refractivity contribution in [1.82, 2.24) is 4.31 Å². The van der Waals surface area contributed by atoms with E-state index in [1.54, 1.807) is 29.7 Å². The molecule has 27 heavy (non-hydrogen) atoms. The van der Waals surface area contributed by atoms with Crippen LogP contribution in [0.2, 0.25) is 0 Å². The third-order valence-electron chi connectivity index (χ3n) is 4.12. The minimum Gasteiger partial charge on any atom is -0.493 e. The number of rotatable bonds is 9. The maximum Gasteiger partial charge on any atom is 0.243 e. The monoisotopic (exact) mass is 407 g/mol. The lowest BCUT2D eigenvalue weighted by molar-refractivity contribution is 0.353. The van der Waals surface area contributed by atoms with Gasteiger partial charge in [0.25, 0.3) is 0 Å². The normalized spacial score (nSPS) is 11.7. The molecule has 0 amide bonds. The molecule has 0 saturated carbocycles. The molecule has 0 atom stereocenters. The average molecular weight is 408 g/mol. The highest BCUT2D eigenvalue weighted by Gasteiger charge is 2.26. The molecule has 0 aliphatic heterocycles. The van der Waals surface area contributed by atoms with Crippen molar-refractivity contribution in [3.63, 3.8) is 0 Å². The van der Waals surface area contributed by atoms with Gasteiger partial charge in [-0.15, -0.1) is 11.3 Å². The van der Waals surface area contributed by atoms with E-state index < -0.39 is 10.0 Å². The molecule has 3 rings (SSSR count). The SMILES string of the molecule is COc1ccc(S(=O)(=O)N(CCc2cccs2)Cc2ccoc2)cc1OC. The van der Waals surface area contributed by atoms with Crippen LogP contribution in [0.5, 0.6) is 11.5 Å². The van der Waals surface area contributed by atoms with Gasteiger partial charge < -0.3 is 13.9 Å². The average Bonchev–Trinajstić information content (AvgIpc) is 3.38. The van der Waals surface area contributed by atoms with Crippen LogP contribution < -0.4 is 9.47 Å². The van der Waals surface area contributed by atoms with E-state index in [1.807, 2.05) is 17.5 Å². The van der Waals surface area contributed by atoms with E-state index in [9.17, 15) is 8.42 Å². The fraction of sp³-hybridized carbons (Fsp3) is 0.263. The highest BCUT2D eigenvalue weighted by atomic mass is 32.2. The molecule has 6 nitrogen and oxygen atoms in total. The summed E-state index contributed by atoms with van der Waals surface area (Å²) in [5, 5.41) is 1.98. The number of ether oxygens (including phenoxy) is 2. The van der Waals surface area contributed by atoms with Crippen molar-refractivity contribution in [2.45, 2.75) is 17.9 Å². The van der Waals surface area contributed by atoms with Crippen LogP contribution >= 0.6 is 11.3 Å². The van der Waals surface area contributed by atoms with E-state index >= 15 is 0 Å². The van der Waals surface area contributed by atoms with Gasteiger partial charge in [0.2, 0.25) is 10.0 Å². The lowest BCUT2D eigenvalue weighted by Gasteiger charge is -2.22. The molecule has 3 aromatic rings. The molecule has 0 N–H and O–H groups in total. The van der Waals surface area contributed by atoms with Gasteiger partial charge in [-0.25, -0.2) is 8.42 Å². The first-order chi connectivity index (χ1) is 13.0. The highest BCUT2D eigenvalue weighted by molar-refractivity contribution is 7.89. The van der Waals surface area contributed by atoms with Gasteiger partial charge in [-0.2, -0.15) is 4.31 Å². The summed E-state index contributed by atoms with van der Waals surface area (Å²) in [6.07, 6.45) is 3.74. The number of sulfonamides is 1. The molecule has 2 aromatic heterocycles. The summed E-state index contributed by atoms with van der Waals surface area (Å²) in [4.78, 5) is 1.30. The predicted octanol–water partition coefficient (Wildman–Crippen LogP) is 3.79. The summed E-state index contributed by atoms with van der Waals surface area (Å²) in [6.45, 7) is 0.598. The van der Waals surface area contributed by atoms with E-state index in [2.05, 4.69) is 0 Å². The van der Waals surface area contributed by atoms with E-state index in [1.165, 1.54) is 36.9 Å². The van der Waals surface area contributed by atoms with Gasteiger partial charge in [0.1, 0.15) is 0 Å². The van der Waals surface area contributed by atoms with Crippen molar-refractivity contribution < 1.29 is 22.3 Å². The second-order valence-electron chi connectivity index (χ2n) is 5.82. The van der Waals surface area contributed by atoms with Crippen LogP contribution in [0.15, 0.2) is 63.6 Å². The first kappa shape index (κ1) is 19.5. The standard InChI is InChI=1S/C19H21NO5S2/c1-23-18-6-5-17(12-19(18)24-2)27(21,22)20(13-15-8-10-25-14-15)9-7-16-4-3-11-26-16/h3-6,8,10-12,14H,7,9,13H2,1-2H3. The van der Waals surface area contributed by atoms with Crippen molar-refractivity contribution >= 4 is 21.4 Å². The Hall–Kier alpha value is -2.29. The van der Waals surface area contributed by atoms with Crippen LogP contribution in [0.4, 0.5) is 0 Å². The van der Waals surface area contributed by atoms with Gasteiger partial charge in [0, 0.05) is 29.6 Å². The Morgan fingerprint density at radius 2 is 1.93 bits per heavy atom. The van der Waals surface area contributed by atoms with Gasteiger partial charge >= 0.3 is 0 Å². The molecule has 1 aromatic carbocycles. The highest BCUT2D eigenvalue weighted by Crippen LogP contribution is 2.31. The van der Waals surface area contributed by atoms with Crippen LogP contribution in [0, 0.1) is 0 Å². The van der Waals surface area contributed by atoms with Gasteiger partial charge in [0.15, 0.2) is 11.5 Å². The summed E-state index contributed by atoms with van der Waals surface area (Å²) in [5.74, 6) is 0.858. The molecule has 0 unspecified atom stereocenters. The van der Waals surface area contributed by atoms with E-state index in [0.29, 0.717) is 24.5 Å². The maximum atomic E-state index is 13.3. The Morgan fingerprint density at radius 1 is 1.11 bits per heavy atom. The van der Waals surface area contributed by atoms with Crippen molar-refractivity contribution in [2.24, 2.45) is 0 Å². The zero-order chi connectivity index (χ0) is 19.3. The van der Waals surface area contributed by atoms with Crippen molar-refractivity contribution in [3.8, 4) is 11.5 Å². The van der Waals surface area contributed by atoms with Gasteiger partial charge in [0.05, 0.1) is 31.6 Å². The molecular formula is C19H21NO5S2. The third-order valence-corrected chi connectivity index (χ3v) is 6.90. The molecule has 0 saturated heterocycles. The predicted molar refractivity (Wildman–Crippen MR) is 104 cm³/mol. The number of hydrogen-bond donors (Lipinski definition) is 0. The number of thiophene rings is 1. The summed E-state index contributed by atoms with van der Waals surface area (Å²) >= 11 is 1.61. The molecule has 8 heteroatoms. The van der Waals surface area contributed by atoms with Gasteiger partial charge in [-0.3, -0.25) is 0 Å². The second kappa shape index (κ2) is 8.60. The maximum absolute atomic E-state index is 13.3. The second-order valence-corrected chi connectivity index (χ2v) is 8.79. The van der Waals surface area contributed by atoms with E-state index in [-0.39, 0.29) is 11.4 Å². The zero-order valence-electron chi connectivity index (χ0n) is 15.1. The number of benzene rings is 1. The lowest BCUT2D eigenvalue weighted by atomic mass is 10.3. The summed E-state index contributed by atoms with van der Waals surface area (Å²) in [5.41, 5.74) is 0.797. The molecule has 0 bridgehead atoms. The van der Waals surface area contributed by atoms with Gasteiger partial charge in [-0.1, -0.05) is 6.07 Å². The zero-order valence-corrected chi connectivity index (χ0v) is 16.8. The summed E-state index contributed by atoms with van der Waals surface area (Å²) < 4.78 is 43.6. The number of methoxy groups -OCH3 is 2. The molecule has 0 fully saturated rings. The third kappa shape index (κ3) is 4.52. The van der Waals surface area contributed by atoms with Crippen molar-refractivity contribution in [2.75, 3.05) is 20.8 Å². The quantitative estimate of drug-likeness (QED) is 0.540. The molecule has 0 spiro atoms. The lowest BCUT2D eigenvalue weighted by Crippen LogP contribution is -2.32. The largest absolute Gasteiger partial charge is 0.493 e. The summed E-state index contributed by atoms with van der Waals surface area (Å²) in [7, 11) is -0.735. The minimum atomic E-state index is -3.73. The first-order valence-electron chi connectivity index (χ1n) is 8.30. The van der Waals surface area contributed by atoms with Crippen LogP contribution in [-0.2, 0) is 23.0 Å². The number of furan rings is 1. The molecule has 2 heterocycles. The Bertz CT molecular complexity index is 950. The Balaban J connectivity index is 1.90. The fourth-order valence-electron chi connectivity index (χ4n) is 2.69. The Morgan fingerprint density at radius 3 is 2.56 bits per heavy atom. The smallest absolute Gasteiger partial charge is 0.243 e. The Labute approximate surface area is 163 Å². The van der Waals surface area contributed by atoms with Crippen LogP contribution in [0.1, 0.15) is 10.4 Å².